The van der Waals surface area contributed by atoms with E-state index < -0.39 is 4.92 Å². The number of phenolic OH excluding ortho intramolecular Hbond substituents is 2. The molecule has 0 bridgehead atoms. The molecule has 0 atom stereocenters. The number of nitrogens with zero attached hydrogens (tertiary/aromatic N) is 1. The van der Waals surface area contributed by atoms with Crippen LogP contribution in [0.5, 0.6) is 11.5 Å². The lowest BCUT2D eigenvalue weighted by molar-refractivity contribution is -0.385. The van der Waals surface area contributed by atoms with Crippen LogP contribution in [0.4, 0.5) is 5.69 Å². The number of aromatic hydroxyl groups is 2. The van der Waals surface area contributed by atoms with E-state index in [2.05, 4.69) is 0 Å². The van der Waals surface area contributed by atoms with Crippen molar-refractivity contribution in [2.75, 3.05) is 0 Å². The molecule has 18 heavy (non-hydrogen) atoms. The zero-order valence-electron chi connectivity index (χ0n) is 9.25. The van der Waals surface area contributed by atoms with Crippen LogP contribution in [0.2, 0.25) is 0 Å². The van der Waals surface area contributed by atoms with Gasteiger partial charge in [0.2, 0.25) is 0 Å². The minimum absolute atomic E-state index is 0.167. The molecule has 0 heterocycles. The highest BCUT2D eigenvalue weighted by molar-refractivity contribution is 5.80. The van der Waals surface area contributed by atoms with Crippen LogP contribution < -0.4 is 0 Å². The van der Waals surface area contributed by atoms with Crippen molar-refractivity contribution in [3.63, 3.8) is 0 Å². The third-order valence-electron chi connectivity index (χ3n) is 3.16. The number of nitro benzene ring substituents is 1. The van der Waals surface area contributed by atoms with E-state index in [4.69, 9.17) is 0 Å². The fourth-order valence-electron chi connectivity index (χ4n) is 2.36. The van der Waals surface area contributed by atoms with Crippen LogP contribution in [-0.2, 0) is 6.42 Å². The van der Waals surface area contributed by atoms with Crippen molar-refractivity contribution in [3.8, 4) is 22.6 Å². The van der Waals surface area contributed by atoms with Crippen molar-refractivity contribution in [1.82, 2.24) is 0 Å². The number of hydrogen-bond donors (Lipinski definition) is 2. The lowest BCUT2D eigenvalue weighted by Crippen LogP contribution is -1.90. The maximum atomic E-state index is 10.8. The Kier molecular flexibility index (Phi) is 2.04. The summed E-state index contributed by atoms with van der Waals surface area (Å²) in [5.41, 5.74) is 3.05. The molecule has 0 saturated carbocycles. The van der Waals surface area contributed by atoms with Gasteiger partial charge in [-0.25, -0.2) is 0 Å². The third kappa shape index (κ3) is 1.41. The van der Waals surface area contributed by atoms with Crippen LogP contribution in [0, 0.1) is 10.1 Å². The Labute approximate surface area is 102 Å². The first kappa shape index (κ1) is 10.6. The second-order valence-corrected chi connectivity index (χ2v) is 4.27. The van der Waals surface area contributed by atoms with Crippen LogP contribution >= 0.6 is 0 Å². The van der Waals surface area contributed by atoms with E-state index in [-0.39, 0.29) is 17.2 Å². The van der Waals surface area contributed by atoms with Gasteiger partial charge in [0.05, 0.1) is 4.92 Å². The Morgan fingerprint density at radius 1 is 1.06 bits per heavy atom. The Morgan fingerprint density at radius 2 is 1.78 bits per heavy atom. The molecule has 0 aliphatic heterocycles. The molecule has 90 valence electrons. The molecule has 5 heteroatoms. The molecule has 0 radical (unpaired) electrons. The van der Waals surface area contributed by atoms with Crippen LogP contribution in [0.15, 0.2) is 30.3 Å². The fraction of sp³-hybridized carbons (Fsp3) is 0.0769. The zero-order valence-corrected chi connectivity index (χ0v) is 9.25. The summed E-state index contributed by atoms with van der Waals surface area (Å²) in [7, 11) is 0. The summed E-state index contributed by atoms with van der Waals surface area (Å²) in [6.45, 7) is 0. The van der Waals surface area contributed by atoms with Gasteiger partial charge in [0.1, 0.15) is 5.75 Å². The highest BCUT2D eigenvalue weighted by Gasteiger charge is 2.24. The second kappa shape index (κ2) is 3.46. The molecule has 0 aromatic heterocycles. The molecule has 0 unspecified atom stereocenters. The molecule has 1 aliphatic carbocycles. The first-order valence-electron chi connectivity index (χ1n) is 5.39. The van der Waals surface area contributed by atoms with Gasteiger partial charge in [-0.05, 0) is 46.9 Å². The largest absolute Gasteiger partial charge is 0.508 e. The van der Waals surface area contributed by atoms with Gasteiger partial charge < -0.3 is 10.2 Å². The van der Waals surface area contributed by atoms with Gasteiger partial charge in [0, 0.05) is 6.07 Å². The van der Waals surface area contributed by atoms with Crippen molar-refractivity contribution in [2.24, 2.45) is 0 Å². The number of fused-ring (bicyclic) bond motifs is 3. The molecule has 5 nitrogen and oxygen atoms in total. The average Bonchev–Trinajstić information content (AvgIpc) is 2.63. The van der Waals surface area contributed by atoms with Crippen molar-refractivity contribution in [1.29, 1.82) is 0 Å². The summed E-state index contributed by atoms with van der Waals surface area (Å²) in [6, 6.07) is 7.72. The Hall–Kier alpha value is -2.56. The second-order valence-electron chi connectivity index (χ2n) is 4.27. The van der Waals surface area contributed by atoms with E-state index in [1.165, 1.54) is 12.1 Å². The quantitative estimate of drug-likeness (QED) is 0.508. The molecule has 2 aromatic rings. The standard InChI is InChI=1S/C13H9NO4/c15-9-1-2-10-7(4-9)3-8-5-13(16)12(14(17)18)6-11(8)10/h1-2,4-6,15-16H,3H2. The lowest BCUT2D eigenvalue weighted by atomic mass is 10.0. The Bertz CT molecular complexity index is 679. The van der Waals surface area contributed by atoms with Gasteiger partial charge in [0.15, 0.2) is 5.75 Å². The number of benzene rings is 2. The van der Waals surface area contributed by atoms with Crippen molar-refractivity contribution in [3.05, 3.63) is 51.6 Å². The maximum absolute atomic E-state index is 10.8. The number of nitro groups is 1. The predicted octanol–water partition coefficient (Wildman–Crippen LogP) is 2.58. The first-order chi connectivity index (χ1) is 8.56. The van der Waals surface area contributed by atoms with E-state index in [0.29, 0.717) is 6.42 Å². The van der Waals surface area contributed by atoms with Crippen molar-refractivity contribution in [2.45, 2.75) is 6.42 Å². The molecule has 3 rings (SSSR count). The molecule has 0 amide bonds. The van der Waals surface area contributed by atoms with Gasteiger partial charge in [-0.3, -0.25) is 10.1 Å². The topological polar surface area (TPSA) is 83.6 Å². The summed E-state index contributed by atoms with van der Waals surface area (Å²) in [5.74, 6) is -0.156. The Balaban J connectivity index is 2.23. The SMILES string of the molecule is O=[N+]([O-])c1cc2c(cc1O)Cc1cc(O)ccc1-2. The van der Waals surface area contributed by atoms with Crippen molar-refractivity contribution < 1.29 is 15.1 Å². The van der Waals surface area contributed by atoms with E-state index >= 15 is 0 Å². The van der Waals surface area contributed by atoms with E-state index in [9.17, 15) is 20.3 Å². The number of hydrogen-bond acceptors (Lipinski definition) is 4. The first-order valence-corrected chi connectivity index (χ1v) is 5.39. The molecular formula is C13H9NO4. The summed E-state index contributed by atoms with van der Waals surface area (Å²) in [6.07, 6.45) is 0.560. The highest BCUT2D eigenvalue weighted by atomic mass is 16.6. The van der Waals surface area contributed by atoms with Crippen LogP contribution in [0.1, 0.15) is 11.1 Å². The number of rotatable bonds is 1. The monoisotopic (exact) mass is 243 g/mol. The molecular weight excluding hydrogens is 234 g/mol. The number of phenols is 2. The van der Waals surface area contributed by atoms with Gasteiger partial charge in [-0.1, -0.05) is 6.07 Å². The summed E-state index contributed by atoms with van der Waals surface area (Å²) < 4.78 is 0. The molecule has 2 N–H and O–H groups in total. The third-order valence-corrected chi connectivity index (χ3v) is 3.16. The Morgan fingerprint density at radius 3 is 2.50 bits per heavy atom. The van der Waals surface area contributed by atoms with Gasteiger partial charge >= 0.3 is 5.69 Å². The molecule has 2 aromatic carbocycles. The lowest BCUT2D eigenvalue weighted by Gasteiger charge is -2.02. The molecule has 0 saturated heterocycles. The highest BCUT2D eigenvalue weighted by Crippen LogP contribution is 2.42. The van der Waals surface area contributed by atoms with Crippen molar-refractivity contribution >= 4 is 5.69 Å². The summed E-state index contributed by atoms with van der Waals surface area (Å²) in [5, 5.41) is 29.8. The molecule has 1 aliphatic rings. The molecule has 0 spiro atoms. The minimum atomic E-state index is -0.603. The van der Waals surface area contributed by atoms with Gasteiger partial charge in [0.25, 0.3) is 0 Å². The normalized spacial score (nSPS) is 12.0. The molecule has 0 fully saturated rings. The summed E-state index contributed by atoms with van der Waals surface area (Å²) in [4.78, 5) is 10.2. The van der Waals surface area contributed by atoms with Gasteiger partial charge in [-0.2, -0.15) is 0 Å². The van der Waals surface area contributed by atoms with Crippen LogP contribution in [-0.4, -0.2) is 15.1 Å². The smallest absolute Gasteiger partial charge is 0.311 e. The zero-order chi connectivity index (χ0) is 12.9. The van der Waals surface area contributed by atoms with Crippen LogP contribution in [0.3, 0.4) is 0 Å². The summed E-state index contributed by atoms with van der Waals surface area (Å²) >= 11 is 0. The minimum Gasteiger partial charge on any atom is -0.508 e. The van der Waals surface area contributed by atoms with E-state index in [1.54, 1.807) is 18.2 Å². The van der Waals surface area contributed by atoms with Crippen LogP contribution in [0.25, 0.3) is 11.1 Å². The van der Waals surface area contributed by atoms with E-state index in [1.807, 2.05) is 0 Å². The maximum Gasteiger partial charge on any atom is 0.311 e. The van der Waals surface area contributed by atoms with Gasteiger partial charge in [-0.15, -0.1) is 0 Å². The average molecular weight is 243 g/mol. The van der Waals surface area contributed by atoms with E-state index in [0.717, 1.165) is 22.3 Å². The predicted molar refractivity (Wildman–Crippen MR) is 64.7 cm³/mol. The fourth-order valence-corrected chi connectivity index (χ4v) is 2.36.